The maximum atomic E-state index is 13.4. The third-order valence-electron chi connectivity index (χ3n) is 5.10. The summed E-state index contributed by atoms with van der Waals surface area (Å²) >= 11 is 0. The van der Waals surface area contributed by atoms with Crippen LogP contribution in [-0.2, 0) is 0 Å². The standard InChI is InChI=1S/C18H18FN5O/c19-13-3-4-14-15(9-13)20-10-21-16(14)24-7-5-12(6-8-24)18-23-22-17(25-18)11-1-2-11/h3-4,9-12H,1-2,5-8H2. The van der Waals surface area contributed by atoms with Gasteiger partial charge in [0.2, 0.25) is 11.8 Å². The molecule has 128 valence electrons. The molecule has 2 fully saturated rings. The molecule has 3 heterocycles. The molecule has 3 aromatic rings. The molecule has 2 aromatic heterocycles. The number of aromatic nitrogens is 4. The van der Waals surface area contributed by atoms with Crippen LogP contribution in [0.5, 0.6) is 0 Å². The van der Waals surface area contributed by atoms with Crippen LogP contribution in [0.2, 0.25) is 0 Å². The van der Waals surface area contributed by atoms with Crippen LogP contribution in [0.3, 0.4) is 0 Å². The van der Waals surface area contributed by atoms with E-state index in [1.54, 1.807) is 6.07 Å². The highest BCUT2D eigenvalue weighted by atomic mass is 19.1. The molecule has 1 saturated heterocycles. The average Bonchev–Trinajstić information content (AvgIpc) is 3.38. The SMILES string of the molecule is Fc1ccc2c(N3CCC(c4nnc(C5CC5)o4)CC3)ncnc2c1. The quantitative estimate of drug-likeness (QED) is 0.728. The second kappa shape index (κ2) is 5.75. The van der Waals surface area contributed by atoms with Crippen molar-refractivity contribution in [2.45, 2.75) is 37.5 Å². The normalized spacial score (nSPS) is 18.8. The molecule has 1 aliphatic heterocycles. The van der Waals surface area contributed by atoms with Crippen molar-refractivity contribution in [3.63, 3.8) is 0 Å². The molecule has 25 heavy (non-hydrogen) atoms. The molecule has 0 bridgehead atoms. The first kappa shape index (κ1) is 14.7. The molecule has 0 atom stereocenters. The molecule has 0 spiro atoms. The first-order chi connectivity index (χ1) is 12.3. The van der Waals surface area contributed by atoms with Crippen molar-refractivity contribution in [2.24, 2.45) is 0 Å². The predicted octanol–water partition coefficient (Wildman–Crippen LogP) is 3.41. The van der Waals surface area contributed by atoms with E-state index in [-0.39, 0.29) is 5.82 Å². The molecule has 1 saturated carbocycles. The van der Waals surface area contributed by atoms with Gasteiger partial charge < -0.3 is 9.32 Å². The first-order valence-corrected chi connectivity index (χ1v) is 8.76. The summed E-state index contributed by atoms with van der Waals surface area (Å²) in [5, 5.41) is 9.33. The van der Waals surface area contributed by atoms with E-state index in [0.29, 0.717) is 17.4 Å². The van der Waals surface area contributed by atoms with Crippen LogP contribution in [0.4, 0.5) is 10.2 Å². The summed E-state index contributed by atoms with van der Waals surface area (Å²) in [7, 11) is 0. The van der Waals surface area contributed by atoms with Crippen LogP contribution >= 0.6 is 0 Å². The van der Waals surface area contributed by atoms with Gasteiger partial charge >= 0.3 is 0 Å². The van der Waals surface area contributed by atoms with E-state index in [0.717, 1.165) is 48.9 Å². The van der Waals surface area contributed by atoms with Crippen molar-refractivity contribution in [2.75, 3.05) is 18.0 Å². The highest BCUT2D eigenvalue weighted by molar-refractivity contribution is 5.89. The second-order valence-electron chi connectivity index (χ2n) is 6.87. The Kier molecular flexibility index (Phi) is 3.39. The molecule has 0 unspecified atom stereocenters. The molecule has 6 nitrogen and oxygen atoms in total. The topological polar surface area (TPSA) is 67.9 Å². The Morgan fingerprint density at radius 3 is 2.40 bits per heavy atom. The summed E-state index contributed by atoms with van der Waals surface area (Å²) in [6.07, 6.45) is 5.73. The van der Waals surface area contributed by atoms with Gasteiger partial charge in [-0.3, -0.25) is 0 Å². The lowest BCUT2D eigenvalue weighted by molar-refractivity contribution is 0.375. The van der Waals surface area contributed by atoms with Gasteiger partial charge in [-0.25, -0.2) is 14.4 Å². The fourth-order valence-electron chi connectivity index (χ4n) is 3.51. The lowest BCUT2D eigenvalue weighted by Crippen LogP contribution is -2.33. The van der Waals surface area contributed by atoms with E-state index in [1.165, 1.54) is 31.3 Å². The third kappa shape index (κ3) is 2.73. The number of anilines is 1. The molecule has 1 aromatic carbocycles. The summed E-state index contributed by atoms with van der Waals surface area (Å²) < 4.78 is 19.3. The maximum absolute atomic E-state index is 13.4. The van der Waals surface area contributed by atoms with E-state index < -0.39 is 0 Å². The van der Waals surface area contributed by atoms with Crippen molar-refractivity contribution in [3.8, 4) is 0 Å². The van der Waals surface area contributed by atoms with E-state index in [2.05, 4.69) is 25.1 Å². The zero-order valence-corrected chi connectivity index (χ0v) is 13.7. The zero-order valence-electron chi connectivity index (χ0n) is 13.7. The number of benzene rings is 1. The number of piperidine rings is 1. The fraction of sp³-hybridized carbons (Fsp3) is 0.444. The summed E-state index contributed by atoms with van der Waals surface area (Å²) in [5.74, 6) is 2.97. The van der Waals surface area contributed by atoms with E-state index in [1.807, 2.05) is 0 Å². The van der Waals surface area contributed by atoms with Crippen LogP contribution < -0.4 is 4.90 Å². The number of nitrogens with zero attached hydrogens (tertiary/aromatic N) is 5. The monoisotopic (exact) mass is 339 g/mol. The number of hydrogen-bond donors (Lipinski definition) is 0. The lowest BCUT2D eigenvalue weighted by Gasteiger charge is -2.31. The molecular formula is C18H18FN5O. The third-order valence-corrected chi connectivity index (χ3v) is 5.10. The maximum Gasteiger partial charge on any atom is 0.219 e. The molecule has 0 N–H and O–H groups in total. The van der Waals surface area contributed by atoms with Gasteiger partial charge in [0, 0.05) is 36.4 Å². The fourth-order valence-corrected chi connectivity index (χ4v) is 3.51. The molecule has 0 amide bonds. The summed E-state index contributed by atoms with van der Waals surface area (Å²) in [5.41, 5.74) is 0.637. The molecule has 1 aliphatic carbocycles. The minimum absolute atomic E-state index is 0.279. The number of hydrogen-bond acceptors (Lipinski definition) is 6. The summed E-state index contributed by atoms with van der Waals surface area (Å²) in [6.45, 7) is 1.71. The Morgan fingerprint density at radius 1 is 0.960 bits per heavy atom. The Morgan fingerprint density at radius 2 is 1.68 bits per heavy atom. The molecule has 2 aliphatic rings. The van der Waals surface area contributed by atoms with Crippen LogP contribution in [0.1, 0.15) is 49.3 Å². The van der Waals surface area contributed by atoms with Crippen molar-refractivity contribution >= 4 is 16.7 Å². The van der Waals surface area contributed by atoms with Crippen molar-refractivity contribution in [1.29, 1.82) is 0 Å². The van der Waals surface area contributed by atoms with Gasteiger partial charge in [0.1, 0.15) is 18.0 Å². The minimum atomic E-state index is -0.279. The van der Waals surface area contributed by atoms with Crippen LogP contribution in [0.15, 0.2) is 28.9 Å². The molecule has 7 heteroatoms. The number of fused-ring (bicyclic) bond motifs is 1. The van der Waals surface area contributed by atoms with Crippen LogP contribution in [0.25, 0.3) is 10.9 Å². The van der Waals surface area contributed by atoms with Gasteiger partial charge in [0.05, 0.1) is 5.52 Å². The van der Waals surface area contributed by atoms with Crippen LogP contribution in [-0.4, -0.2) is 33.3 Å². The lowest BCUT2D eigenvalue weighted by atomic mass is 9.96. The van der Waals surface area contributed by atoms with Gasteiger partial charge in [0.15, 0.2) is 0 Å². The Bertz CT molecular complexity index is 915. The van der Waals surface area contributed by atoms with E-state index in [4.69, 9.17) is 4.42 Å². The second-order valence-corrected chi connectivity index (χ2v) is 6.87. The molecular weight excluding hydrogens is 321 g/mol. The largest absolute Gasteiger partial charge is 0.425 e. The molecule has 5 rings (SSSR count). The smallest absolute Gasteiger partial charge is 0.219 e. The van der Waals surface area contributed by atoms with Gasteiger partial charge in [-0.1, -0.05) is 0 Å². The Labute approximate surface area is 144 Å². The predicted molar refractivity (Wildman–Crippen MR) is 90.0 cm³/mol. The average molecular weight is 339 g/mol. The van der Waals surface area contributed by atoms with Crippen molar-refractivity contribution in [1.82, 2.24) is 20.2 Å². The highest BCUT2D eigenvalue weighted by Gasteiger charge is 2.32. The highest BCUT2D eigenvalue weighted by Crippen LogP contribution is 2.40. The van der Waals surface area contributed by atoms with Crippen molar-refractivity contribution < 1.29 is 8.81 Å². The van der Waals surface area contributed by atoms with Crippen LogP contribution in [0, 0.1) is 5.82 Å². The summed E-state index contributed by atoms with van der Waals surface area (Å²) in [6, 6.07) is 4.66. The minimum Gasteiger partial charge on any atom is -0.425 e. The summed E-state index contributed by atoms with van der Waals surface area (Å²) in [4.78, 5) is 10.8. The zero-order chi connectivity index (χ0) is 16.8. The van der Waals surface area contributed by atoms with Gasteiger partial charge in [-0.05, 0) is 37.8 Å². The number of rotatable bonds is 3. The van der Waals surface area contributed by atoms with E-state index in [9.17, 15) is 4.39 Å². The van der Waals surface area contributed by atoms with Gasteiger partial charge in [-0.2, -0.15) is 0 Å². The number of halogens is 1. The van der Waals surface area contributed by atoms with Crippen molar-refractivity contribution in [3.05, 3.63) is 42.1 Å². The van der Waals surface area contributed by atoms with Gasteiger partial charge in [0.25, 0.3) is 0 Å². The Hall–Kier alpha value is -2.57. The van der Waals surface area contributed by atoms with Gasteiger partial charge in [-0.15, -0.1) is 10.2 Å². The Balaban J connectivity index is 1.34. The van der Waals surface area contributed by atoms with E-state index >= 15 is 0 Å². The molecule has 0 radical (unpaired) electrons. The first-order valence-electron chi connectivity index (χ1n) is 8.76.